The fraction of sp³-hybridized carbons (Fsp3) is 0.297. The van der Waals surface area contributed by atoms with Gasteiger partial charge in [0.2, 0.25) is 0 Å². The molecule has 0 saturated carbocycles. The second-order valence-corrected chi connectivity index (χ2v) is 13.8. The third kappa shape index (κ3) is 9.06. The van der Waals surface area contributed by atoms with Crippen molar-refractivity contribution in [3.63, 3.8) is 0 Å². The highest BCUT2D eigenvalue weighted by Gasteiger charge is 2.27. The second kappa shape index (κ2) is 16.2. The van der Waals surface area contributed by atoms with Gasteiger partial charge in [0.1, 0.15) is 0 Å². The van der Waals surface area contributed by atoms with Gasteiger partial charge in [-0.15, -0.1) is 0 Å². The van der Waals surface area contributed by atoms with E-state index in [4.69, 9.17) is 9.15 Å². The zero-order valence-electron chi connectivity index (χ0n) is 27.0. The molecule has 0 aliphatic carbocycles. The van der Waals surface area contributed by atoms with E-state index in [2.05, 4.69) is 31.4 Å². The summed E-state index contributed by atoms with van der Waals surface area (Å²) in [6, 6.07) is 19.2. The fourth-order valence-corrected chi connectivity index (χ4v) is 7.38. The van der Waals surface area contributed by atoms with Crippen LogP contribution in [0.3, 0.4) is 0 Å². The summed E-state index contributed by atoms with van der Waals surface area (Å²) in [4.78, 5) is 45.1. The highest BCUT2D eigenvalue weighted by molar-refractivity contribution is 7.94. The number of pyridine rings is 1. The van der Waals surface area contributed by atoms with Gasteiger partial charge in [0.05, 0.1) is 34.1 Å². The number of anilines is 1. The summed E-state index contributed by atoms with van der Waals surface area (Å²) in [5.74, 6) is 5.15. The van der Waals surface area contributed by atoms with Crippen LogP contribution in [0.15, 0.2) is 99.1 Å². The Kier molecular flexibility index (Phi) is 11.6. The van der Waals surface area contributed by atoms with Crippen molar-refractivity contribution in [2.45, 2.75) is 38.0 Å². The van der Waals surface area contributed by atoms with Crippen molar-refractivity contribution in [1.29, 1.82) is 0 Å². The van der Waals surface area contributed by atoms with Crippen LogP contribution in [0.1, 0.15) is 63.8 Å². The van der Waals surface area contributed by atoms with Gasteiger partial charge in [0.15, 0.2) is 5.76 Å². The minimum Gasteiger partial charge on any atom is -0.466 e. The number of ether oxygens (including phenoxy) is 1. The molecule has 2 unspecified atom stereocenters. The molecular weight excluding hydrogens is 628 g/mol. The molecule has 1 fully saturated rings. The van der Waals surface area contributed by atoms with E-state index in [9.17, 15) is 18.6 Å². The lowest BCUT2D eigenvalue weighted by molar-refractivity contribution is -0.149. The molecule has 4 aromatic rings. The normalized spacial score (nSPS) is 15.8. The molecule has 2 aromatic carbocycles. The van der Waals surface area contributed by atoms with Gasteiger partial charge in [-0.05, 0) is 88.7 Å². The lowest BCUT2D eigenvalue weighted by atomic mass is 9.98. The van der Waals surface area contributed by atoms with Gasteiger partial charge < -0.3 is 19.4 Å². The Morgan fingerprint density at radius 3 is 2.65 bits per heavy atom. The summed E-state index contributed by atoms with van der Waals surface area (Å²) in [5.41, 5.74) is 2.58. The fourth-order valence-electron chi connectivity index (χ4n) is 5.47. The van der Waals surface area contributed by atoms with Gasteiger partial charge >= 0.3 is 5.97 Å². The summed E-state index contributed by atoms with van der Waals surface area (Å²) in [7, 11) is -3.10. The molecule has 10 nitrogen and oxygen atoms in total. The van der Waals surface area contributed by atoms with Crippen LogP contribution < -0.4 is 5.32 Å². The molecule has 0 radical (unpaired) electrons. The largest absolute Gasteiger partial charge is 0.466 e. The number of amides is 2. The summed E-state index contributed by atoms with van der Waals surface area (Å²) < 4.78 is 29.1. The molecule has 248 valence electrons. The predicted molar refractivity (Wildman–Crippen MR) is 183 cm³/mol. The van der Waals surface area contributed by atoms with E-state index < -0.39 is 15.6 Å². The van der Waals surface area contributed by atoms with Crippen LogP contribution in [-0.2, 0) is 19.3 Å². The Bertz CT molecular complexity index is 1950. The third-order valence-electron chi connectivity index (χ3n) is 7.89. The van der Waals surface area contributed by atoms with Crippen molar-refractivity contribution < 1.29 is 27.7 Å². The molecule has 11 heteroatoms. The van der Waals surface area contributed by atoms with Crippen LogP contribution in [0.4, 0.5) is 5.69 Å². The number of benzene rings is 2. The van der Waals surface area contributed by atoms with E-state index in [1.165, 1.54) is 18.7 Å². The number of furan rings is 1. The number of carbonyl (C=O) groups excluding carboxylic acids is 3. The summed E-state index contributed by atoms with van der Waals surface area (Å²) in [6.07, 6.45) is 6.61. The minimum atomic E-state index is -3.10. The number of rotatable bonds is 10. The monoisotopic (exact) mass is 666 g/mol. The van der Waals surface area contributed by atoms with Crippen molar-refractivity contribution in [2.24, 2.45) is 10.3 Å². The number of aromatic nitrogens is 1. The Morgan fingerprint density at radius 2 is 1.88 bits per heavy atom. The van der Waals surface area contributed by atoms with E-state index in [-0.39, 0.29) is 34.9 Å². The van der Waals surface area contributed by atoms with E-state index >= 15 is 0 Å². The maximum Gasteiger partial charge on any atom is 0.310 e. The maximum atomic E-state index is 14.3. The number of aryl methyl sites for hydroxylation is 1. The molecule has 5 rings (SSSR count). The molecule has 0 spiro atoms. The lowest BCUT2D eigenvalue weighted by Crippen LogP contribution is -2.40. The zero-order chi connectivity index (χ0) is 33.9. The number of esters is 1. The standard InChI is InChI=1S/C37H38N4O6S/c1-3-46-37(44)30-11-8-18-41(26-30)19-9-21-48(45,33-13-5-4-6-14-33)40-35(42)31-22-29(24-38-25-31)16-15-28-10-7-12-32(23-28)39-36(43)34-27(2)17-20-47-34/h4-7,10,12-14,17,20,22-25,30H,3,8-9,11,18-19,21,26H2,1-2H3,(H,39,43). The second-order valence-electron chi connectivity index (χ2n) is 11.5. The summed E-state index contributed by atoms with van der Waals surface area (Å²) >= 11 is 0. The molecule has 1 N–H and O–H groups in total. The highest BCUT2D eigenvalue weighted by Crippen LogP contribution is 2.21. The molecule has 1 aliphatic rings. The first kappa shape index (κ1) is 34.3. The average molecular weight is 667 g/mol. The van der Waals surface area contributed by atoms with Crippen LogP contribution in [0, 0.1) is 24.7 Å². The van der Waals surface area contributed by atoms with E-state index in [1.54, 1.807) is 74.5 Å². The van der Waals surface area contributed by atoms with Crippen molar-refractivity contribution >= 4 is 33.2 Å². The van der Waals surface area contributed by atoms with E-state index in [1.807, 2.05) is 6.07 Å². The molecule has 1 aliphatic heterocycles. The lowest BCUT2D eigenvalue weighted by Gasteiger charge is -2.31. The summed E-state index contributed by atoms with van der Waals surface area (Å²) in [5, 5.41) is 2.81. The number of carbonyl (C=O) groups is 3. The van der Waals surface area contributed by atoms with E-state index in [0.29, 0.717) is 47.8 Å². The molecule has 48 heavy (non-hydrogen) atoms. The molecular formula is C37H38N4O6S. The van der Waals surface area contributed by atoms with Gasteiger partial charge in [-0.25, -0.2) is 4.21 Å². The molecule has 2 amide bonds. The molecule has 0 bridgehead atoms. The van der Waals surface area contributed by atoms with Crippen molar-refractivity contribution in [1.82, 2.24) is 9.88 Å². The van der Waals surface area contributed by atoms with Gasteiger partial charge in [-0.2, -0.15) is 4.36 Å². The molecule has 2 aromatic heterocycles. The number of nitrogens with zero attached hydrogens (tertiary/aromatic N) is 3. The minimum absolute atomic E-state index is 0.159. The SMILES string of the molecule is CCOC(=O)C1CCCN(CCCS(=O)(=NC(=O)c2cncc(C#Cc3cccc(NC(=O)c4occc4C)c3)c2)c2ccccc2)C1. The Balaban J connectivity index is 1.29. The highest BCUT2D eigenvalue weighted by atomic mass is 32.2. The van der Waals surface area contributed by atoms with E-state index in [0.717, 1.165) is 24.9 Å². The molecule has 2 atom stereocenters. The van der Waals surface area contributed by atoms with Crippen LogP contribution in [0.5, 0.6) is 0 Å². The first-order valence-corrected chi connectivity index (χ1v) is 17.6. The molecule has 1 saturated heterocycles. The Morgan fingerprint density at radius 1 is 1.06 bits per heavy atom. The first-order chi connectivity index (χ1) is 23.2. The number of nitrogens with one attached hydrogen (secondary N) is 1. The van der Waals surface area contributed by atoms with Crippen molar-refractivity contribution in [3.05, 3.63) is 113 Å². The van der Waals surface area contributed by atoms with Gasteiger partial charge in [0.25, 0.3) is 11.8 Å². The smallest absolute Gasteiger partial charge is 0.310 e. The van der Waals surface area contributed by atoms with Crippen LogP contribution >= 0.6 is 0 Å². The van der Waals surface area contributed by atoms with Crippen LogP contribution in [-0.4, -0.2) is 63.9 Å². The molecule has 3 heterocycles. The van der Waals surface area contributed by atoms with Crippen LogP contribution in [0.2, 0.25) is 0 Å². The zero-order valence-corrected chi connectivity index (χ0v) is 27.8. The number of likely N-dealkylation sites (tertiary alicyclic amines) is 1. The number of hydrogen-bond acceptors (Lipinski definition) is 8. The average Bonchev–Trinajstić information content (AvgIpc) is 3.54. The topological polar surface area (TPSA) is 131 Å². The van der Waals surface area contributed by atoms with Gasteiger partial charge in [0, 0.05) is 52.0 Å². The third-order valence-corrected chi connectivity index (χ3v) is 10.2. The number of hydrogen-bond donors (Lipinski definition) is 1. The summed E-state index contributed by atoms with van der Waals surface area (Å²) in [6.45, 7) is 6.03. The Hall–Kier alpha value is -5.05. The first-order valence-electron chi connectivity index (χ1n) is 15.9. The van der Waals surface area contributed by atoms with Gasteiger partial charge in [-0.3, -0.25) is 19.4 Å². The quantitative estimate of drug-likeness (QED) is 0.162. The van der Waals surface area contributed by atoms with Crippen molar-refractivity contribution in [2.75, 3.05) is 37.3 Å². The maximum absolute atomic E-state index is 14.3. The number of piperidine rings is 1. The van der Waals surface area contributed by atoms with Crippen molar-refractivity contribution in [3.8, 4) is 11.8 Å². The van der Waals surface area contributed by atoms with Gasteiger partial charge in [-0.1, -0.05) is 36.1 Å². The van der Waals surface area contributed by atoms with Crippen LogP contribution in [0.25, 0.3) is 0 Å². The Labute approximate surface area is 281 Å². The predicted octanol–water partition coefficient (Wildman–Crippen LogP) is 5.97.